The summed E-state index contributed by atoms with van der Waals surface area (Å²) in [5, 5.41) is 12.4. The van der Waals surface area contributed by atoms with E-state index in [1.165, 1.54) is 0 Å². The van der Waals surface area contributed by atoms with Crippen LogP contribution in [0.25, 0.3) is 10.2 Å². The van der Waals surface area contributed by atoms with Gasteiger partial charge in [0.1, 0.15) is 0 Å². The van der Waals surface area contributed by atoms with Crippen LogP contribution in [0.5, 0.6) is 0 Å². The van der Waals surface area contributed by atoms with E-state index in [2.05, 4.69) is 10.3 Å². The average Bonchev–Trinajstić information content (AvgIpc) is 3.26. The Labute approximate surface area is 147 Å². The molecule has 1 aromatic heterocycles. The van der Waals surface area contributed by atoms with Crippen molar-refractivity contribution in [1.82, 2.24) is 4.98 Å². The molecule has 1 saturated carbocycles. The lowest BCUT2D eigenvalue weighted by molar-refractivity contribution is -0.146. The minimum Gasteiger partial charge on any atom is -0.481 e. The first kappa shape index (κ1) is 15.7. The molecule has 2 aromatic rings. The lowest BCUT2D eigenvalue weighted by Crippen LogP contribution is -2.36. The summed E-state index contributed by atoms with van der Waals surface area (Å²) in [6.07, 6.45) is 6.68. The smallest absolute Gasteiger partial charge is 0.307 e. The summed E-state index contributed by atoms with van der Waals surface area (Å²) in [6.45, 7) is 0. The van der Waals surface area contributed by atoms with Crippen LogP contribution in [0.2, 0.25) is 0 Å². The molecule has 0 aliphatic heterocycles. The number of hydrogen-bond acceptors (Lipinski definition) is 5. The van der Waals surface area contributed by atoms with Gasteiger partial charge < -0.3 is 10.4 Å². The van der Waals surface area contributed by atoms with E-state index in [1.807, 2.05) is 36.6 Å². The van der Waals surface area contributed by atoms with Crippen LogP contribution in [0.3, 0.4) is 0 Å². The molecule has 2 aliphatic rings. The summed E-state index contributed by atoms with van der Waals surface area (Å²) in [4.78, 5) is 28.7. The molecule has 4 rings (SSSR count). The van der Waals surface area contributed by atoms with E-state index in [-0.39, 0.29) is 17.7 Å². The van der Waals surface area contributed by atoms with Crippen LogP contribution in [0, 0.1) is 23.7 Å². The lowest BCUT2D eigenvalue weighted by atomic mass is 9.82. The maximum Gasteiger partial charge on any atom is 0.307 e. The van der Waals surface area contributed by atoms with Crippen molar-refractivity contribution in [3.05, 3.63) is 30.4 Å². The van der Waals surface area contributed by atoms with E-state index in [4.69, 9.17) is 0 Å². The predicted molar refractivity (Wildman–Crippen MR) is 95.4 cm³/mol. The number of carboxylic acids is 1. The van der Waals surface area contributed by atoms with Crippen molar-refractivity contribution in [3.63, 3.8) is 0 Å². The summed E-state index contributed by atoms with van der Waals surface area (Å²) in [7, 11) is 0. The molecule has 4 atom stereocenters. The van der Waals surface area contributed by atoms with Crippen molar-refractivity contribution in [2.24, 2.45) is 23.7 Å². The minimum absolute atomic E-state index is 0.0173. The normalized spacial score (nSPS) is 27.7. The molecule has 1 heterocycles. The van der Waals surface area contributed by atoms with Gasteiger partial charge in [0.2, 0.25) is 5.91 Å². The molecular formula is C17H16N2O3S2. The van der Waals surface area contributed by atoms with Crippen LogP contribution in [-0.4, -0.2) is 28.2 Å². The van der Waals surface area contributed by atoms with Crippen molar-refractivity contribution < 1.29 is 14.7 Å². The predicted octanol–water partition coefficient (Wildman–Crippen LogP) is 3.48. The number of allylic oxidation sites excluding steroid dienone is 2. The fourth-order valence-corrected chi connectivity index (χ4v) is 5.34. The number of rotatable bonds is 4. The molecule has 2 N–H and O–H groups in total. The molecular weight excluding hydrogens is 344 g/mol. The van der Waals surface area contributed by atoms with Gasteiger partial charge >= 0.3 is 5.97 Å². The third-order valence-electron chi connectivity index (χ3n) is 4.86. The summed E-state index contributed by atoms with van der Waals surface area (Å²) in [5.74, 6) is -2.17. The number of hydrogen-bond donors (Lipinski definition) is 2. The summed E-state index contributed by atoms with van der Waals surface area (Å²) >= 11 is 3.18. The first-order valence-corrected chi connectivity index (χ1v) is 9.77. The highest BCUT2D eigenvalue weighted by Crippen LogP contribution is 2.48. The first-order valence-electron chi connectivity index (χ1n) is 7.73. The van der Waals surface area contributed by atoms with E-state index < -0.39 is 17.8 Å². The standard InChI is InChI=1S/C17H16N2O3S2/c1-23-17-19-11-5-4-10(7-12(11)24-17)18-15(20)13-8-2-3-9(6-8)14(13)16(21)22/h2-5,7-9,13-14H,6H2,1H3,(H,18,20)(H,21,22)/t8-,9+,13-,14+/m1/s1. The van der Waals surface area contributed by atoms with E-state index >= 15 is 0 Å². The fraction of sp³-hybridized carbons (Fsp3) is 0.353. The number of benzene rings is 1. The van der Waals surface area contributed by atoms with Gasteiger partial charge in [-0.15, -0.1) is 11.3 Å². The average molecular weight is 360 g/mol. The number of anilines is 1. The van der Waals surface area contributed by atoms with Crippen molar-refractivity contribution in [3.8, 4) is 0 Å². The number of thioether (sulfide) groups is 1. The van der Waals surface area contributed by atoms with Crippen LogP contribution in [0.15, 0.2) is 34.7 Å². The molecule has 2 aliphatic carbocycles. The number of carbonyl (C=O) groups is 2. The number of fused-ring (bicyclic) bond motifs is 3. The maximum absolute atomic E-state index is 12.7. The van der Waals surface area contributed by atoms with Gasteiger partial charge in [0, 0.05) is 5.69 Å². The van der Waals surface area contributed by atoms with E-state index in [0.29, 0.717) is 5.69 Å². The summed E-state index contributed by atoms with van der Waals surface area (Å²) in [6, 6.07) is 5.61. The minimum atomic E-state index is -0.880. The number of nitrogens with one attached hydrogen (secondary N) is 1. The topological polar surface area (TPSA) is 79.3 Å². The molecule has 0 saturated heterocycles. The van der Waals surface area contributed by atoms with Gasteiger partial charge in [-0.3, -0.25) is 9.59 Å². The Morgan fingerprint density at radius 1 is 1.29 bits per heavy atom. The molecule has 124 valence electrons. The van der Waals surface area contributed by atoms with Crippen LogP contribution in [-0.2, 0) is 9.59 Å². The highest BCUT2D eigenvalue weighted by atomic mass is 32.2. The number of carboxylic acid groups (broad SMARTS) is 1. The second-order valence-electron chi connectivity index (χ2n) is 6.19. The zero-order valence-corrected chi connectivity index (χ0v) is 14.6. The molecule has 1 fully saturated rings. The van der Waals surface area contributed by atoms with Crippen LogP contribution in [0.4, 0.5) is 5.69 Å². The molecule has 24 heavy (non-hydrogen) atoms. The molecule has 0 unspecified atom stereocenters. The van der Waals surface area contributed by atoms with Crippen LogP contribution >= 0.6 is 23.1 Å². The Bertz CT molecular complexity index is 861. The molecule has 7 heteroatoms. The number of thiazole rings is 1. The molecule has 5 nitrogen and oxygen atoms in total. The Morgan fingerprint density at radius 3 is 2.75 bits per heavy atom. The first-order chi connectivity index (χ1) is 11.6. The monoisotopic (exact) mass is 360 g/mol. The quantitative estimate of drug-likeness (QED) is 0.645. The number of carbonyl (C=O) groups excluding carboxylic acids is 1. The van der Waals surface area contributed by atoms with Crippen LogP contribution in [0.1, 0.15) is 6.42 Å². The zero-order chi connectivity index (χ0) is 16.8. The van der Waals surface area contributed by atoms with Crippen molar-refractivity contribution in [2.75, 3.05) is 11.6 Å². The van der Waals surface area contributed by atoms with E-state index in [9.17, 15) is 14.7 Å². The number of nitrogens with zero attached hydrogens (tertiary/aromatic N) is 1. The van der Waals surface area contributed by atoms with Gasteiger partial charge in [-0.25, -0.2) is 4.98 Å². The molecule has 1 amide bonds. The van der Waals surface area contributed by atoms with E-state index in [0.717, 1.165) is 21.0 Å². The van der Waals surface area contributed by atoms with Gasteiger partial charge in [-0.1, -0.05) is 23.9 Å². The zero-order valence-electron chi connectivity index (χ0n) is 12.9. The summed E-state index contributed by atoms with van der Waals surface area (Å²) < 4.78 is 2.00. The third kappa shape index (κ3) is 2.52. The van der Waals surface area contributed by atoms with Gasteiger partial charge in [0.25, 0.3) is 0 Å². The molecule has 1 aromatic carbocycles. The second-order valence-corrected chi connectivity index (χ2v) is 8.28. The van der Waals surface area contributed by atoms with Gasteiger partial charge in [-0.05, 0) is 42.7 Å². The number of aromatic nitrogens is 1. The molecule has 0 radical (unpaired) electrons. The molecule has 2 bridgehead atoms. The molecule has 0 spiro atoms. The number of amides is 1. The SMILES string of the molecule is CSc1nc2ccc(NC(=O)[C@H]3[C@@H](C(=O)O)[C@H]4C=C[C@@H]3C4)cc2s1. The highest BCUT2D eigenvalue weighted by Gasteiger charge is 2.51. The van der Waals surface area contributed by atoms with Crippen molar-refractivity contribution in [2.45, 2.75) is 10.8 Å². The third-order valence-corrected chi connectivity index (χ3v) is 6.86. The fourth-order valence-electron chi connectivity index (χ4n) is 3.81. The van der Waals surface area contributed by atoms with Gasteiger partial charge in [0.15, 0.2) is 4.34 Å². The largest absolute Gasteiger partial charge is 0.481 e. The Kier molecular flexibility index (Phi) is 3.85. The maximum atomic E-state index is 12.7. The van der Waals surface area contributed by atoms with Crippen LogP contribution < -0.4 is 5.32 Å². The van der Waals surface area contributed by atoms with Gasteiger partial charge in [0.05, 0.1) is 22.1 Å². The van der Waals surface area contributed by atoms with Crippen molar-refractivity contribution in [1.29, 1.82) is 0 Å². The Balaban J connectivity index is 1.57. The second kappa shape index (κ2) is 5.89. The van der Waals surface area contributed by atoms with E-state index in [1.54, 1.807) is 23.1 Å². The Hall–Kier alpha value is -1.86. The van der Waals surface area contributed by atoms with Gasteiger partial charge in [-0.2, -0.15) is 0 Å². The summed E-state index contributed by atoms with van der Waals surface area (Å²) in [5.41, 5.74) is 1.60. The number of aliphatic carboxylic acids is 1. The lowest BCUT2D eigenvalue weighted by Gasteiger charge is -2.23. The van der Waals surface area contributed by atoms with Crippen molar-refractivity contribution >= 4 is 50.9 Å². The Morgan fingerprint density at radius 2 is 2.04 bits per heavy atom. The highest BCUT2D eigenvalue weighted by molar-refractivity contribution is 8.00.